The van der Waals surface area contributed by atoms with Gasteiger partial charge in [0.05, 0.1) is 30.4 Å². The summed E-state index contributed by atoms with van der Waals surface area (Å²) in [5.74, 6) is -2.80. The molecule has 2 unspecified atom stereocenters. The minimum Gasteiger partial charge on any atom is -0.480 e. The SMILES string of the molecule is COCC(NC(=O)c1ccc2c(c1)C(=O)N(CC1CCCO1)C2=O)C(=O)O. The van der Waals surface area contributed by atoms with E-state index in [1.807, 2.05) is 0 Å². The van der Waals surface area contributed by atoms with Crippen molar-refractivity contribution < 1.29 is 33.8 Å². The van der Waals surface area contributed by atoms with Crippen molar-refractivity contribution in [1.29, 1.82) is 0 Å². The van der Waals surface area contributed by atoms with E-state index in [1.54, 1.807) is 0 Å². The van der Waals surface area contributed by atoms with E-state index in [1.165, 1.54) is 25.3 Å². The number of amides is 3. The normalized spacial score (nSPS) is 19.9. The lowest BCUT2D eigenvalue weighted by Gasteiger charge is -2.17. The zero-order valence-electron chi connectivity index (χ0n) is 14.8. The fourth-order valence-electron chi connectivity index (χ4n) is 3.17. The first kappa shape index (κ1) is 19.0. The standard InChI is InChI=1S/C18H20N2O7/c1-26-9-14(18(24)25)19-15(21)10-4-5-12-13(7-10)17(23)20(16(12)22)8-11-3-2-6-27-11/h4-5,7,11,14H,2-3,6,8-9H2,1H3,(H,19,21)(H,24,25). The molecule has 27 heavy (non-hydrogen) atoms. The molecule has 1 aromatic rings. The van der Waals surface area contributed by atoms with Gasteiger partial charge in [0.1, 0.15) is 0 Å². The van der Waals surface area contributed by atoms with Gasteiger partial charge in [-0.25, -0.2) is 4.79 Å². The van der Waals surface area contributed by atoms with Crippen LogP contribution in [0.1, 0.15) is 43.9 Å². The number of benzene rings is 1. The minimum absolute atomic E-state index is 0.0937. The number of fused-ring (bicyclic) bond motifs is 1. The van der Waals surface area contributed by atoms with Gasteiger partial charge in [0.15, 0.2) is 6.04 Å². The molecule has 9 nitrogen and oxygen atoms in total. The van der Waals surface area contributed by atoms with Gasteiger partial charge in [0.2, 0.25) is 0 Å². The number of carbonyl (C=O) groups excluding carboxylic acids is 3. The second-order valence-corrected chi connectivity index (χ2v) is 6.44. The van der Waals surface area contributed by atoms with Crippen molar-refractivity contribution in [2.75, 3.05) is 26.9 Å². The summed E-state index contributed by atoms with van der Waals surface area (Å²) in [5.41, 5.74) is 0.446. The molecule has 0 saturated carbocycles. The van der Waals surface area contributed by atoms with Crippen LogP contribution in [0.3, 0.4) is 0 Å². The molecule has 3 amide bonds. The Morgan fingerprint density at radius 1 is 1.33 bits per heavy atom. The summed E-state index contributed by atoms with van der Waals surface area (Å²) in [7, 11) is 1.32. The lowest BCUT2D eigenvalue weighted by atomic mass is 10.0. The maximum absolute atomic E-state index is 12.6. The third-order valence-corrected chi connectivity index (χ3v) is 4.58. The summed E-state index contributed by atoms with van der Waals surface area (Å²) < 4.78 is 10.3. The van der Waals surface area contributed by atoms with E-state index in [0.29, 0.717) is 6.61 Å². The van der Waals surface area contributed by atoms with Crippen LogP contribution in [0, 0.1) is 0 Å². The highest BCUT2D eigenvalue weighted by Crippen LogP contribution is 2.26. The van der Waals surface area contributed by atoms with Crippen molar-refractivity contribution in [3.05, 3.63) is 34.9 Å². The number of methoxy groups -OCH3 is 1. The number of hydrogen-bond donors (Lipinski definition) is 2. The molecule has 144 valence electrons. The number of aliphatic carboxylic acids is 1. The average Bonchev–Trinajstić information content (AvgIpc) is 3.24. The smallest absolute Gasteiger partial charge is 0.328 e. The Labute approximate surface area is 155 Å². The molecule has 9 heteroatoms. The summed E-state index contributed by atoms with van der Waals surface area (Å²) in [6, 6.07) is 2.89. The second-order valence-electron chi connectivity index (χ2n) is 6.44. The minimum atomic E-state index is -1.24. The van der Waals surface area contributed by atoms with Crippen LogP contribution in [0.4, 0.5) is 0 Å². The molecule has 0 aliphatic carbocycles. The Morgan fingerprint density at radius 2 is 2.07 bits per heavy atom. The van der Waals surface area contributed by atoms with Crippen molar-refractivity contribution in [3.63, 3.8) is 0 Å². The van der Waals surface area contributed by atoms with Crippen LogP contribution >= 0.6 is 0 Å². The van der Waals surface area contributed by atoms with Gasteiger partial charge < -0.3 is 19.9 Å². The monoisotopic (exact) mass is 376 g/mol. The van der Waals surface area contributed by atoms with Crippen molar-refractivity contribution in [3.8, 4) is 0 Å². The Bertz CT molecular complexity index is 786. The van der Waals surface area contributed by atoms with Gasteiger partial charge in [0, 0.05) is 19.3 Å². The third-order valence-electron chi connectivity index (χ3n) is 4.58. The van der Waals surface area contributed by atoms with Crippen LogP contribution in [0.15, 0.2) is 18.2 Å². The first-order chi connectivity index (χ1) is 12.9. The Morgan fingerprint density at radius 3 is 2.70 bits per heavy atom. The molecule has 2 atom stereocenters. The first-order valence-corrected chi connectivity index (χ1v) is 8.56. The molecule has 1 saturated heterocycles. The average molecular weight is 376 g/mol. The molecular weight excluding hydrogens is 356 g/mol. The topological polar surface area (TPSA) is 122 Å². The van der Waals surface area contributed by atoms with E-state index in [0.717, 1.165) is 17.7 Å². The quantitative estimate of drug-likeness (QED) is 0.656. The highest BCUT2D eigenvalue weighted by Gasteiger charge is 2.38. The maximum atomic E-state index is 12.6. The lowest BCUT2D eigenvalue weighted by molar-refractivity contribution is -0.140. The highest BCUT2D eigenvalue weighted by atomic mass is 16.5. The molecule has 2 heterocycles. The van der Waals surface area contributed by atoms with Gasteiger partial charge >= 0.3 is 5.97 Å². The van der Waals surface area contributed by atoms with Crippen LogP contribution in [0.5, 0.6) is 0 Å². The predicted octanol–water partition coefficient (Wildman–Crippen LogP) is 0.291. The van der Waals surface area contributed by atoms with Crippen molar-refractivity contribution in [2.45, 2.75) is 25.0 Å². The van der Waals surface area contributed by atoms with Crippen LogP contribution in [0.2, 0.25) is 0 Å². The zero-order valence-corrected chi connectivity index (χ0v) is 14.8. The Kier molecular flexibility index (Phi) is 5.52. The Hall–Kier alpha value is -2.78. The number of imide groups is 1. The number of nitrogens with one attached hydrogen (secondary N) is 1. The second kappa shape index (κ2) is 7.85. The van der Waals surface area contributed by atoms with Crippen molar-refractivity contribution in [2.24, 2.45) is 0 Å². The molecule has 2 aliphatic rings. The summed E-state index contributed by atoms with van der Waals surface area (Å²) in [4.78, 5) is 49.7. The molecule has 0 spiro atoms. The molecule has 0 radical (unpaired) electrons. The molecule has 1 fully saturated rings. The van der Waals surface area contributed by atoms with Crippen LogP contribution < -0.4 is 5.32 Å². The van der Waals surface area contributed by atoms with Gasteiger partial charge in [-0.15, -0.1) is 0 Å². The third kappa shape index (κ3) is 3.83. The first-order valence-electron chi connectivity index (χ1n) is 8.56. The largest absolute Gasteiger partial charge is 0.480 e. The molecule has 3 rings (SSSR count). The number of nitrogens with zero attached hydrogens (tertiary/aromatic N) is 1. The van der Waals surface area contributed by atoms with E-state index in [2.05, 4.69) is 5.32 Å². The molecular formula is C18H20N2O7. The summed E-state index contributed by atoms with van der Waals surface area (Å²) in [5, 5.41) is 11.4. The van der Waals surface area contributed by atoms with E-state index in [-0.39, 0.29) is 35.9 Å². The zero-order chi connectivity index (χ0) is 19.6. The highest BCUT2D eigenvalue weighted by molar-refractivity contribution is 6.22. The van der Waals surface area contributed by atoms with Crippen LogP contribution in [0.25, 0.3) is 0 Å². The number of carbonyl (C=O) groups is 4. The Balaban J connectivity index is 1.76. The maximum Gasteiger partial charge on any atom is 0.328 e. The number of carboxylic acid groups (broad SMARTS) is 1. The summed E-state index contributed by atoms with van der Waals surface area (Å²) >= 11 is 0. The lowest BCUT2D eigenvalue weighted by Crippen LogP contribution is -2.43. The van der Waals surface area contributed by atoms with E-state index >= 15 is 0 Å². The summed E-state index contributed by atoms with van der Waals surface area (Å²) in [6.07, 6.45) is 1.52. The molecule has 0 bridgehead atoms. The van der Waals surface area contributed by atoms with Gasteiger partial charge in [-0.05, 0) is 31.0 Å². The molecule has 2 aliphatic heterocycles. The van der Waals surface area contributed by atoms with Crippen molar-refractivity contribution in [1.82, 2.24) is 10.2 Å². The fourth-order valence-corrected chi connectivity index (χ4v) is 3.17. The van der Waals surface area contributed by atoms with Crippen LogP contribution in [-0.4, -0.2) is 72.7 Å². The molecule has 2 N–H and O–H groups in total. The number of hydrogen-bond acceptors (Lipinski definition) is 6. The number of carboxylic acids is 1. The molecule has 1 aromatic carbocycles. The van der Waals surface area contributed by atoms with E-state index < -0.39 is 29.7 Å². The predicted molar refractivity (Wildman–Crippen MR) is 91.5 cm³/mol. The van der Waals surface area contributed by atoms with Gasteiger partial charge in [-0.2, -0.15) is 0 Å². The number of ether oxygens (including phenoxy) is 2. The van der Waals surface area contributed by atoms with Crippen LogP contribution in [-0.2, 0) is 14.3 Å². The van der Waals surface area contributed by atoms with Gasteiger partial charge in [-0.3, -0.25) is 19.3 Å². The van der Waals surface area contributed by atoms with Gasteiger partial charge in [0.25, 0.3) is 17.7 Å². The van der Waals surface area contributed by atoms with E-state index in [9.17, 15) is 19.2 Å². The number of rotatable bonds is 7. The molecule has 0 aromatic heterocycles. The fraction of sp³-hybridized carbons (Fsp3) is 0.444. The van der Waals surface area contributed by atoms with E-state index in [4.69, 9.17) is 14.6 Å². The van der Waals surface area contributed by atoms with Gasteiger partial charge in [-0.1, -0.05) is 0 Å². The summed E-state index contributed by atoms with van der Waals surface area (Å²) in [6.45, 7) is 0.603. The van der Waals surface area contributed by atoms with Crippen molar-refractivity contribution >= 4 is 23.7 Å².